The van der Waals surface area contributed by atoms with E-state index in [1.807, 2.05) is 18.5 Å². The molecule has 0 fully saturated rings. The zero-order valence-electron chi connectivity index (χ0n) is 16.5. The van der Waals surface area contributed by atoms with Crippen molar-refractivity contribution in [2.45, 2.75) is 46.1 Å². The molecule has 0 saturated heterocycles. The Labute approximate surface area is 167 Å². The van der Waals surface area contributed by atoms with Crippen LogP contribution in [0.1, 0.15) is 34.9 Å². The van der Waals surface area contributed by atoms with Crippen molar-refractivity contribution in [2.75, 3.05) is 12.8 Å². The summed E-state index contributed by atoms with van der Waals surface area (Å²) in [5.74, 6) is 0. The molecular weight excluding hydrogens is 356 g/mol. The molecular formula is C21H30N4OS. The summed E-state index contributed by atoms with van der Waals surface area (Å²) in [7, 11) is 0. The first-order valence-corrected chi connectivity index (χ1v) is 10.4. The Morgan fingerprint density at radius 1 is 1.30 bits per heavy atom. The maximum Gasteiger partial charge on any atom is 0.0685 e. The Morgan fingerprint density at radius 3 is 2.78 bits per heavy atom. The monoisotopic (exact) mass is 386 g/mol. The standard InChI is InChI=1S/C21H30N4OS/c1-16-6-5-9-23-21(16)14-25(12-17(2)22-3)13-19-8-7-18(11-24-27-4)10-20(19)15-26/h5-10,17,24,26H,3,11-15H2,1-2,4H3. The summed E-state index contributed by atoms with van der Waals surface area (Å²) in [6.45, 7) is 10.9. The summed E-state index contributed by atoms with van der Waals surface area (Å²) >= 11 is 1.59. The molecule has 1 aromatic heterocycles. The number of hydrogen-bond donors (Lipinski definition) is 2. The van der Waals surface area contributed by atoms with E-state index in [2.05, 4.69) is 64.4 Å². The quantitative estimate of drug-likeness (QED) is 0.458. The van der Waals surface area contributed by atoms with Crippen LogP contribution in [0, 0.1) is 6.92 Å². The van der Waals surface area contributed by atoms with Gasteiger partial charge in [0.25, 0.3) is 0 Å². The minimum absolute atomic E-state index is 0.0359. The lowest BCUT2D eigenvalue weighted by molar-refractivity contribution is 0.236. The Balaban J connectivity index is 2.20. The molecule has 27 heavy (non-hydrogen) atoms. The third kappa shape index (κ3) is 6.74. The first-order chi connectivity index (χ1) is 13.1. The second-order valence-electron chi connectivity index (χ2n) is 6.75. The summed E-state index contributed by atoms with van der Waals surface area (Å²) in [6, 6.07) is 10.5. The molecule has 6 heteroatoms. The van der Waals surface area contributed by atoms with E-state index in [-0.39, 0.29) is 12.6 Å². The molecule has 1 atom stereocenters. The van der Waals surface area contributed by atoms with Crippen LogP contribution in [0.3, 0.4) is 0 Å². The van der Waals surface area contributed by atoms with E-state index >= 15 is 0 Å². The molecule has 0 aliphatic heterocycles. The van der Waals surface area contributed by atoms with Crippen LogP contribution in [0.2, 0.25) is 0 Å². The zero-order valence-corrected chi connectivity index (χ0v) is 17.3. The normalized spacial score (nSPS) is 12.3. The first kappa shape index (κ1) is 21.6. The molecule has 5 nitrogen and oxygen atoms in total. The molecule has 0 amide bonds. The van der Waals surface area contributed by atoms with Crippen molar-refractivity contribution in [3.8, 4) is 0 Å². The summed E-state index contributed by atoms with van der Waals surface area (Å²) < 4.78 is 3.25. The molecule has 0 aliphatic rings. The van der Waals surface area contributed by atoms with Gasteiger partial charge in [0.05, 0.1) is 18.3 Å². The van der Waals surface area contributed by atoms with Crippen LogP contribution >= 0.6 is 11.9 Å². The molecule has 2 aromatic rings. The van der Waals surface area contributed by atoms with Crippen molar-refractivity contribution in [3.63, 3.8) is 0 Å². The number of hydrogen-bond acceptors (Lipinski definition) is 6. The Morgan fingerprint density at radius 2 is 2.11 bits per heavy atom. The number of nitrogens with zero attached hydrogens (tertiary/aromatic N) is 3. The van der Waals surface area contributed by atoms with Gasteiger partial charge in [-0.05, 0) is 55.1 Å². The number of pyridine rings is 1. The lowest BCUT2D eigenvalue weighted by Crippen LogP contribution is -2.30. The zero-order chi connectivity index (χ0) is 19.6. The number of nitrogens with one attached hydrogen (secondary N) is 1. The summed E-state index contributed by atoms with van der Waals surface area (Å²) in [5.41, 5.74) is 5.53. The van der Waals surface area contributed by atoms with Gasteiger partial charge in [0, 0.05) is 32.4 Å². The van der Waals surface area contributed by atoms with Crippen LogP contribution in [-0.2, 0) is 26.2 Å². The number of aliphatic imine (C=N–C) groups is 1. The molecule has 1 heterocycles. The molecule has 146 valence electrons. The second-order valence-corrected chi connectivity index (χ2v) is 7.45. The smallest absolute Gasteiger partial charge is 0.0685 e. The van der Waals surface area contributed by atoms with Crippen molar-refractivity contribution in [1.82, 2.24) is 14.6 Å². The maximum absolute atomic E-state index is 9.86. The lowest BCUT2D eigenvalue weighted by Gasteiger charge is -2.25. The van der Waals surface area contributed by atoms with Gasteiger partial charge >= 0.3 is 0 Å². The van der Waals surface area contributed by atoms with E-state index < -0.39 is 0 Å². The van der Waals surface area contributed by atoms with Crippen molar-refractivity contribution in [3.05, 3.63) is 64.5 Å². The third-order valence-corrected chi connectivity index (χ3v) is 5.01. The SMILES string of the molecule is C=NC(C)CN(Cc1ccc(CNSC)cc1CO)Cc1ncccc1C. The highest BCUT2D eigenvalue weighted by atomic mass is 32.2. The molecule has 1 aromatic carbocycles. The predicted octanol–water partition coefficient (Wildman–Crippen LogP) is 3.34. The van der Waals surface area contributed by atoms with E-state index in [1.165, 1.54) is 11.1 Å². The fourth-order valence-corrected chi connectivity index (χ4v) is 3.31. The molecule has 0 aliphatic carbocycles. The van der Waals surface area contributed by atoms with Gasteiger partial charge in [0.2, 0.25) is 0 Å². The van der Waals surface area contributed by atoms with Crippen LogP contribution in [0.5, 0.6) is 0 Å². The number of benzene rings is 1. The van der Waals surface area contributed by atoms with Gasteiger partial charge in [-0.3, -0.25) is 19.6 Å². The van der Waals surface area contributed by atoms with Gasteiger partial charge in [-0.25, -0.2) is 0 Å². The number of aromatic nitrogens is 1. The fourth-order valence-electron chi connectivity index (χ4n) is 3.00. The van der Waals surface area contributed by atoms with E-state index in [4.69, 9.17) is 0 Å². The van der Waals surface area contributed by atoms with Crippen molar-refractivity contribution >= 4 is 18.7 Å². The van der Waals surface area contributed by atoms with E-state index in [1.54, 1.807) is 11.9 Å². The fraction of sp³-hybridized carbons (Fsp3) is 0.429. The Bertz CT molecular complexity index is 738. The highest BCUT2D eigenvalue weighted by Gasteiger charge is 2.14. The molecule has 0 radical (unpaired) electrons. The number of aliphatic hydroxyl groups is 1. The topological polar surface area (TPSA) is 60.8 Å². The molecule has 1 unspecified atom stereocenters. The van der Waals surface area contributed by atoms with Gasteiger partial charge in [-0.1, -0.05) is 36.2 Å². The highest BCUT2D eigenvalue weighted by Crippen LogP contribution is 2.18. The van der Waals surface area contributed by atoms with Crippen LogP contribution in [0.15, 0.2) is 41.5 Å². The van der Waals surface area contributed by atoms with Crippen LogP contribution < -0.4 is 4.72 Å². The van der Waals surface area contributed by atoms with Gasteiger partial charge in [0.1, 0.15) is 0 Å². The summed E-state index contributed by atoms with van der Waals surface area (Å²) in [4.78, 5) is 11.0. The number of aliphatic hydroxyl groups excluding tert-OH is 1. The summed E-state index contributed by atoms with van der Waals surface area (Å²) in [5, 5.41) is 9.86. The summed E-state index contributed by atoms with van der Waals surface area (Å²) in [6.07, 6.45) is 3.84. The minimum atomic E-state index is 0.0359. The van der Waals surface area contributed by atoms with E-state index in [0.717, 1.165) is 43.0 Å². The molecule has 0 bridgehead atoms. The Kier molecular flexibility index (Phi) is 8.94. The number of aryl methyl sites for hydroxylation is 1. The average Bonchev–Trinajstić information content (AvgIpc) is 2.68. The van der Waals surface area contributed by atoms with E-state index in [0.29, 0.717) is 0 Å². The average molecular weight is 387 g/mol. The molecule has 2 rings (SSSR count). The van der Waals surface area contributed by atoms with Gasteiger partial charge in [0.15, 0.2) is 0 Å². The van der Waals surface area contributed by atoms with Crippen LogP contribution in [-0.4, -0.2) is 40.6 Å². The van der Waals surface area contributed by atoms with Crippen molar-refractivity contribution in [2.24, 2.45) is 4.99 Å². The van der Waals surface area contributed by atoms with Gasteiger partial charge in [-0.15, -0.1) is 0 Å². The van der Waals surface area contributed by atoms with Crippen LogP contribution in [0.25, 0.3) is 0 Å². The van der Waals surface area contributed by atoms with Gasteiger partial charge in [-0.2, -0.15) is 0 Å². The predicted molar refractivity (Wildman–Crippen MR) is 115 cm³/mol. The molecule has 2 N–H and O–H groups in total. The van der Waals surface area contributed by atoms with Gasteiger partial charge < -0.3 is 5.11 Å². The second kappa shape index (κ2) is 11.2. The molecule has 0 spiro atoms. The highest BCUT2D eigenvalue weighted by molar-refractivity contribution is 7.96. The number of rotatable bonds is 11. The Hall–Kier alpha value is -1.73. The maximum atomic E-state index is 9.86. The largest absolute Gasteiger partial charge is 0.392 e. The first-order valence-electron chi connectivity index (χ1n) is 9.13. The minimum Gasteiger partial charge on any atom is -0.392 e. The molecule has 0 saturated carbocycles. The van der Waals surface area contributed by atoms with E-state index in [9.17, 15) is 5.11 Å². The van der Waals surface area contributed by atoms with Crippen molar-refractivity contribution in [1.29, 1.82) is 0 Å². The lowest BCUT2D eigenvalue weighted by atomic mass is 10.0. The third-order valence-electron chi connectivity index (χ3n) is 4.58. The van der Waals surface area contributed by atoms with Crippen LogP contribution in [0.4, 0.5) is 0 Å². The van der Waals surface area contributed by atoms with Crippen molar-refractivity contribution < 1.29 is 5.11 Å².